The fourth-order valence-electron chi connectivity index (χ4n) is 2.81. The van der Waals surface area contributed by atoms with E-state index in [-0.39, 0.29) is 0 Å². The van der Waals surface area contributed by atoms with Crippen LogP contribution >= 0.6 is 0 Å². The lowest BCUT2D eigenvalue weighted by Gasteiger charge is -2.32. The molecular formula is C16H22N6. The maximum atomic E-state index is 4.73. The van der Waals surface area contributed by atoms with Crippen LogP contribution in [0.25, 0.3) is 0 Å². The molecule has 22 heavy (non-hydrogen) atoms. The van der Waals surface area contributed by atoms with Crippen molar-refractivity contribution < 1.29 is 0 Å². The van der Waals surface area contributed by atoms with Crippen molar-refractivity contribution in [3.8, 4) is 0 Å². The fraction of sp³-hybridized carbons (Fsp3) is 0.500. The lowest BCUT2D eigenvalue weighted by atomic mass is 9.94. The molecule has 0 spiro atoms. The molecule has 0 saturated carbocycles. The normalized spacial score (nSPS) is 15.9. The molecule has 2 aromatic rings. The van der Waals surface area contributed by atoms with Crippen LogP contribution in [0, 0.1) is 6.92 Å². The van der Waals surface area contributed by atoms with Crippen LogP contribution in [0.2, 0.25) is 0 Å². The molecule has 0 N–H and O–H groups in total. The monoisotopic (exact) mass is 298 g/mol. The quantitative estimate of drug-likeness (QED) is 0.864. The van der Waals surface area contributed by atoms with Crippen LogP contribution in [-0.4, -0.2) is 47.1 Å². The maximum absolute atomic E-state index is 4.73. The van der Waals surface area contributed by atoms with Gasteiger partial charge in [0.05, 0.1) is 11.9 Å². The summed E-state index contributed by atoms with van der Waals surface area (Å²) in [5, 5.41) is 0. The minimum absolute atomic E-state index is 0.478. The van der Waals surface area contributed by atoms with Crippen molar-refractivity contribution in [3.63, 3.8) is 0 Å². The molecule has 6 heteroatoms. The van der Waals surface area contributed by atoms with E-state index in [1.807, 2.05) is 50.6 Å². The van der Waals surface area contributed by atoms with Crippen molar-refractivity contribution in [1.29, 1.82) is 0 Å². The van der Waals surface area contributed by atoms with Gasteiger partial charge in [0.2, 0.25) is 0 Å². The number of nitrogens with zero attached hydrogens (tertiary/aromatic N) is 6. The van der Waals surface area contributed by atoms with E-state index in [0.29, 0.717) is 5.92 Å². The second-order valence-electron chi connectivity index (χ2n) is 5.92. The Morgan fingerprint density at radius 1 is 1.14 bits per heavy atom. The topological polar surface area (TPSA) is 58.0 Å². The Kier molecular flexibility index (Phi) is 4.18. The van der Waals surface area contributed by atoms with Gasteiger partial charge in [0.1, 0.15) is 17.5 Å². The SMILES string of the molecule is Cc1nccc(N2CCC(c3cncc(N(C)C)n3)CC2)n1. The lowest BCUT2D eigenvalue weighted by Crippen LogP contribution is -2.34. The van der Waals surface area contributed by atoms with Gasteiger partial charge in [-0.1, -0.05) is 0 Å². The molecule has 1 saturated heterocycles. The summed E-state index contributed by atoms with van der Waals surface area (Å²) in [6.07, 6.45) is 7.70. The van der Waals surface area contributed by atoms with E-state index in [9.17, 15) is 0 Å². The highest BCUT2D eigenvalue weighted by atomic mass is 15.2. The number of hydrogen-bond donors (Lipinski definition) is 0. The Bertz CT molecular complexity index is 634. The summed E-state index contributed by atoms with van der Waals surface area (Å²) in [6, 6.07) is 1.99. The van der Waals surface area contributed by atoms with Crippen molar-refractivity contribution >= 4 is 11.6 Å². The number of piperidine rings is 1. The molecular weight excluding hydrogens is 276 g/mol. The molecule has 6 nitrogen and oxygen atoms in total. The van der Waals surface area contributed by atoms with Gasteiger partial charge in [-0.05, 0) is 25.8 Å². The molecule has 0 radical (unpaired) electrons. The summed E-state index contributed by atoms with van der Waals surface area (Å²) in [5.41, 5.74) is 1.10. The Balaban J connectivity index is 1.68. The first-order valence-electron chi connectivity index (χ1n) is 7.67. The molecule has 2 aromatic heterocycles. The van der Waals surface area contributed by atoms with Crippen LogP contribution < -0.4 is 9.80 Å². The molecule has 1 aliphatic heterocycles. The third kappa shape index (κ3) is 3.16. The van der Waals surface area contributed by atoms with Gasteiger partial charge in [-0.2, -0.15) is 0 Å². The summed E-state index contributed by atoms with van der Waals surface area (Å²) >= 11 is 0. The summed E-state index contributed by atoms with van der Waals surface area (Å²) in [7, 11) is 3.99. The van der Waals surface area contributed by atoms with E-state index >= 15 is 0 Å². The highest BCUT2D eigenvalue weighted by Gasteiger charge is 2.23. The summed E-state index contributed by atoms with van der Waals surface area (Å²) < 4.78 is 0. The van der Waals surface area contributed by atoms with Crippen molar-refractivity contribution in [2.45, 2.75) is 25.7 Å². The van der Waals surface area contributed by atoms with Gasteiger partial charge in [0.15, 0.2) is 0 Å². The Morgan fingerprint density at radius 2 is 1.91 bits per heavy atom. The first-order chi connectivity index (χ1) is 10.6. The molecule has 0 bridgehead atoms. The van der Waals surface area contributed by atoms with E-state index < -0.39 is 0 Å². The molecule has 0 aliphatic carbocycles. The minimum atomic E-state index is 0.478. The predicted octanol–water partition coefficient (Wildman–Crippen LogP) is 2.03. The van der Waals surface area contributed by atoms with Gasteiger partial charge >= 0.3 is 0 Å². The van der Waals surface area contributed by atoms with Crippen LogP contribution in [0.3, 0.4) is 0 Å². The number of aryl methyl sites for hydroxylation is 1. The lowest BCUT2D eigenvalue weighted by molar-refractivity contribution is 0.492. The van der Waals surface area contributed by atoms with Gasteiger partial charge in [-0.25, -0.2) is 15.0 Å². The van der Waals surface area contributed by atoms with Crippen molar-refractivity contribution in [2.75, 3.05) is 37.0 Å². The van der Waals surface area contributed by atoms with E-state index in [1.165, 1.54) is 0 Å². The standard InChI is InChI=1S/C16H22N6/c1-12-18-7-4-15(19-12)22-8-5-13(6-9-22)14-10-17-11-16(20-14)21(2)3/h4,7,10-11,13H,5-6,8-9H2,1-3H3. The minimum Gasteiger partial charge on any atom is -0.361 e. The Labute approximate surface area is 131 Å². The summed E-state index contributed by atoms with van der Waals surface area (Å²) in [6.45, 7) is 3.92. The summed E-state index contributed by atoms with van der Waals surface area (Å²) in [4.78, 5) is 22.1. The number of aromatic nitrogens is 4. The molecule has 0 amide bonds. The van der Waals surface area contributed by atoms with E-state index in [4.69, 9.17) is 4.98 Å². The third-order valence-corrected chi connectivity index (χ3v) is 4.10. The van der Waals surface area contributed by atoms with Crippen molar-refractivity contribution in [1.82, 2.24) is 19.9 Å². The van der Waals surface area contributed by atoms with Gasteiger partial charge in [0.25, 0.3) is 0 Å². The molecule has 0 unspecified atom stereocenters. The highest BCUT2D eigenvalue weighted by molar-refractivity contribution is 5.39. The fourth-order valence-corrected chi connectivity index (χ4v) is 2.81. The first kappa shape index (κ1) is 14.7. The van der Waals surface area contributed by atoms with Crippen LogP contribution in [0.15, 0.2) is 24.7 Å². The van der Waals surface area contributed by atoms with E-state index in [1.54, 1.807) is 0 Å². The summed E-state index contributed by atoms with van der Waals surface area (Å²) in [5.74, 6) is 3.25. The van der Waals surface area contributed by atoms with Gasteiger partial charge < -0.3 is 9.80 Å². The molecule has 3 heterocycles. The second kappa shape index (κ2) is 6.25. The van der Waals surface area contributed by atoms with Crippen LogP contribution in [-0.2, 0) is 0 Å². The molecule has 116 valence electrons. The molecule has 0 aromatic carbocycles. The highest BCUT2D eigenvalue weighted by Crippen LogP contribution is 2.29. The smallest absolute Gasteiger partial charge is 0.146 e. The van der Waals surface area contributed by atoms with Crippen molar-refractivity contribution in [2.24, 2.45) is 0 Å². The largest absolute Gasteiger partial charge is 0.361 e. The van der Waals surface area contributed by atoms with Crippen molar-refractivity contribution in [3.05, 3.63) is 36.2 Å². The Hall–Kier alpha value is -2.24. The number of hydrogen-bond acceptors (Lipinski definition) is 6. The zero-order valence-electron chi connectivity index (χ0n) is 13.4. The molecule has 0 atom stereocenters. The van der Waals surface area contributed by atoms with Gasteiger partial charge in [-0.3, -0.25) is 4.98 Å². The van der Waals surface area contributed by atoms with E-state index in [0.717, 1.165) is 49.1 Å². The van der Waals surface area contributed by atoms with Gasteiger partial charge in [0, 0.05) is 45.5 Å². The average Bonchev–Trinajstić information content (AvgIpc) is 2.55. The average molecular weight is 298 g/mol. The predicted molar refractivity (Wildman–Crippen MR) is 87.3 cm³/mol. The van der Waals surface area contributed by atoms with Gasteiger partial charge in [-0.15, -0.1) is 0 Å². The number of rotatable bonds is 3. The maximum Gasteiger partial charge on any atom is 0.146 e. The van der Waals surface area contributed by atoms with Crippen LogP contribution in [0.1, 0.15) is 30.3 Å². The third-order valence-electron chi connectivity index (χ3n) is 4.10. The zero-order chi connectivity index (χ0) is 15.5. The molecule has 1 aliphatic rings. The van der Waals surface area contributed by atoms with E-state index in [2.05, 4.69) is 19.9 Å². The Morgan fingerprint density at radius 3 is 2.59 bits per heavy atom. The molecule has 1 fully saturated rings. The van der Waals surface area contributed by atoms with Crippen LogP contribution in [0.5, 0.6) is 0 Å². The molecule has 3 rings (SSSR count). The van der Waals surface area contributed by atoms with Crippen LogP contribution in [0.4, 0.5) is 11.6 Å². The zero-order valence-corrected chi connectivity index (χ0v) is 13.4. The number of anilines is 2. The first-order valence-corrected chi connectivity index (χ1v) is 7.67. The second-order valence-corrected chi connectivity index (χ2v) is 5.92.